The van der Waals surface area contributed by atoms with E-state index in [-0.39, 0.29) is 11.7 Å². The fraction of sp³-hybridized carbons (Fsp3) is 0.235. The van der Waals surface area contributed by atoms with Crippen molar-refractivity contribution in [2.24, 2.45) is 0 Å². The van der Waals surface area contributed by atoms with Gasteiger partial charge in [0, 0.05) is 11.6 Å². The molecule has 2 aromatic rings. The van der Waals surface area contributed by atoms with Crippen LogP contribution in [-0.2, 0) is 11.3 Å². The van der Waals surface area contributed by atoms with E-state index in [0.717, 1.165) is 5.56 Å². The first-order valence-corrected chi connectivity index (χ1v) is 7.42. The number of halogens is 2. The third-order valence-electron chi connectivity index (χ3n) is 3.18. The molecule has 0 saturated carbocycles. The Morgan fingerprint density at radius 1 is 1.23 bits per heavy atom. The van der Waals surface area contributed by atoms with Gasteiger partial charge in [0.1, 0.15) is 0 Å². The first kappa shape index (κ1) is 16.3. The summed E-state index contributed by atoms with van der Waals surface area (Å²) in [6, 6.07) is 13.3. The van der Waals surface area contributed by atoms with Gasteiger partial charge in [-0.1, -0.05) is 48.9 Å². The molecule has 0 aliphatic rings. The SMILES string of the molecule is CC[C@@H](Oc1ccccc1F)C(=O)NCc1ccccc1Cl. The Balaban J connectivity index is 1.98. The molecule has 0 aromatic heterocycles. The highest BCUT2D eigenvalue weighted by molar-refractivity contribution is 6.31. The van der Waals surface area contributed by atoms with Gasteiger partial charge in [-0.25, -0.2) is 4.39 Å². The average Bonchev–Trinajstić information content (AvgIpc) is 2.53. The van der Waals surface area contributed by atoms with Crippen LogP contribution in [0.4, 0.5) is 4.39 Å². The molecular formula is C17H17ClFNO2. The van der Waals surface area contributed by atoms with Gasteiger partial charge in [0.15, 0.2) is 17.7 Å². The Morgan fingerprint density at radius 3 is 2.59 bits per heavy atom. The lowest BCUT2D eigenvalue weighted by molar-refractivity contribution is -0.128. The zero-order chi connectivity index (χ0) is 15.9. The van der Waals surface area contributed by atoms with E-state index in [9.17, 15) is 9.18 Å². The van der Waals surface area contributed by atoms with Crippen LogP contribution in [0.25, 0.3) is 0 Å². The fourth-order valence-corrected chi connectivity index (χ4v) is 2.16. The van der Waals surface area contributed by atoms with E-state index in [1.807, 2.05) is 18.2 Å². The monoisotopic (exact) mass is 321 g/mol. The largest absolute Gasteiger partial charge is 0.478 e. The van der Waals surface area contributed by atoms with Gasteiger partial charge in [-0.2, -0.15) is 0 Å². The van der Waals surface area contributed by atoms with Crippen molar-refractivity contribution in [2.75, 3.05) is 0 Å². The number of carbonyl (C=O) groups is 1. The summed E-state index contributed by atoms with van der Waals surface area (Å²) in [5.41, 5.74) is 0.818. The van der Waals surface area contributed by atoms with E-state index in [1.54, 1.807) is 25.1 Å². The van der Waals surface area contributed by atoms with Crippen LogP contribution in [0.3, 0.4) is 0 Å². The van der Waals surface area contributed by atoms with Crippen LogP contribution in [-0.4, -0.2) is 12.0 Å². The second-order valence-electron chi connectivity index (χ2n) is 4.75. The van der Waals surface area contributed by atoms with Gasteiger partial charge in [0.25, 0.3) is 5.91 Å². The number of carbonyl (C=O) groups excluding carboxylic acids is 1. The highest BCUT2D eigenvalue weighted by Crippen LogP contribution is 2.18. The molecule has 1 amide bonds. The van der Waals surface area contributed by atoms with Crippen molar-refractivity contribution in [1.29, 1.82) is 0 Å². The molecule has 0 aliphatic heterocycles. The Kier molecular flexibility index (Phi) is 5.78. The van der Waals surface area contributed by atoms with Crippen LogP contribution in [0.2, 0.25) is 5.02 Å². The summed E-state index contributed by atoms with van der Waals surface area (Å²) in [5.74, 6) is -0.715. The molecule has 0 radical (unpaired) electrons. The second-order valence-corrected chi connectivity index (χ2v) is 5.16. The molecule has 0 fully saturated rings. The van der Waals surface area contributed by atoms with Gasteiger partial charge in [-0.05, 0) is 30.2 Å². The molecule has 1 N–H and O–H groups in total. The molecule has 0 heterocycles. The number of para-hydroxylation sites is 1. The maximum atomic E-state index is 13.6. The molecule has 0 unspecified atom stereocenters. The molecule has 0 saturated heterocycles. The summed E-state index contributed by atoms with van der Waals surface area (Å²) in [4.78, 5) is 12.2. The van der Waals surface area contributed by atoms with Crippen molar-refractivity contribution < 1.29 is 13.9 Å². The van der Waals surface area contributed by atoms with E-state index < -0.39 is 11.9 Å². The second kappa shape index (κ2) is 7.80. The van der Waals surface area contributed by atoms with Crippen molar-refractivity contribution in [3.63, 3.8) is 0 Å². The summed E-state index contributed by atoms with van der Waals surface area (Å²) >= 11 is 6.04. The molecule has 1 atom stereocenters. The highest BCUT2D eigenvalue weighted by Gasteiger charge is 2.19. The van der Waals surface area contributed by atoms with Crippen molar-refractivity contribution in [2.45, 2.75) is 26.0 Å². The Morgan fingerprint density at radius 2 is 1.91 bits per heavy atom. The van der Waals surface area contributed by atoms with Crippen molar-refractivity contribution >= 4 is 17.5 Å². The number of rotatable bonds is 6. The fourth-order valence-electron chi connectivity index (χ4n) is 1.95. The standard InChI is InChI=1S/C17H17ClFNO2/c1-2-15(22-16-10-6-5-9-14(16)19)17(21)20-11-12-7-3-4-8-13(12)18/h3-10,15H,2,11H2,1H3,(H,20,21)/t15-/m1/s1. The molecule has 3 nitrogen and oxygen atoms in total. The lowest BCUT2D eigenvalue weighted by Gasteiger charge is -2.17. The van der Waals surface area contributed by atoms with Crippen molar-refractivity contribution in [3.05, 3.63) is 64.9 Å². The molecule has 22 heavy (non-hydrogen) atoms. The van der Waals surface area contributed by atoms with Crippen molar-refractivity contribution in [1.82, 2.24) is 5.32 Å². The van der Waals surface area contributed by atoms with E-state index in [2.05, 4.69) is 5.32 Å². The lowest BCUT2D eigenvalue weighted by atomic mass is 10.2. The van der Waals surface area contributed by atoms with Crippen molar-refractivity contribution in [3.8, 4) is 5.75 Å². The summed E-state index contributed by atoms with van der Waals surface area (Å²) in [6.45, 7) is 2.11. The quantitative estimate of drug-likeness (QED) is 0.874. The van der Waals surface area contributed by atoms with Gasteiger partial charge in [-0.3, -0.25) is 4.79 Å². The average molecular weight is 322 g/mol. The number of benzene rings is 2. The first-order chi connectivity index (χ1) is 10.6. The Bertz CT molecular complexity index is 648. The van der Waals surface area contributed by atoms with E-state index in [1.165, 1.54) is 12.1 Å². The summed E-state index contributed by atoms with van der Waals surface area (Å²) in [5, 5.41) is 3.35. The summed E-state index contributed by atoms with van der Waals surface area (Å²) in [6.07, 6.45) is -0.317. The van der Waals surface area contributed by atoms with E-state index >= 15 is 0 Å². The molecule has 5 heteroatoms. The van der Waals surface area contributed by atoms with E-state index in [0.29, 0.717) is 18.0 Å². The number of amides is 1. The van der Waals surface area contributed by atoms with Gasteiger partial charge in [0.2, 0.25) is 0 Å². The molecule has 116 valence electrons. The zero-order valence-electron chi connectivity index (χ0n) is 12.2. The summed E-state index contributed by atoms with van der Waals surface area (Å²) < 4.78 is 19.0. The predicted molar refractivity (Wildman–Crippen MR) is 84.4 cm³/mol. The maximum Gasteiger partial charge on any atom is 0.261 e. The van der Waals surface area contributed by atoms with Crippen LogP contribution in [0, 0.1) is 5.82 Å². The molecule has 0 bridgehead atoms. The smallest absolute Gasteiger partial charge is 0.261 e. The van der Waals surface area contributed by atoms with Gasteiger partial charge < -0.3 is 10.1 Å². The minimum absolute atomic E-state index is 0.0715. The number of ether oxygens (including phenoxy) is 1. The third kappa shape index (κ3) is 4.21. The third-order valence-corrected chi connectivity index (χ3v) is 3.55. The molecular weight excluding hydrogens is 305 g/mol. The summed E-state index contributed by atoms with van der Waals surface area (Å²) in [7, 11) is 0. The van der Waals surface area contributed by atoms with Crippen LogP contribution >= 0.6 is 11.6 Å². The zero-order valence-corrected chi connectivity index (χ0v) is 12.9. The molecule has 2 aromatic carbocycles. The highest BCUT2D eigenvalue weighted by atomic mass is 35.5. The number of hydrogen-bond acceptors (Lipinski definition) is 2. The number of nitrogens with one attached hydrogen (secondary N) is 1. The van der Waals surface area contributed by atoms with E-state index in [4.69, 9.17) is 16.3 Å². The maximum absolute atomic E-state index is 13.6. The Labute approximate surface area is 134 Å². The van der Waals surface area contributed by atoms with Crippen LogP contribution in [0.15, 0.2) is 48.5 Å². The van der Waals surface area contributed by atoms with Crippen LogP contribution in [0.5, 0.6) is 5.75 Å². The first-order valence-electron chi connectivity index (χ1n) is 7.04. The van der Waals surface area contributed by atoms with Gasteiger partial charge in [0.05, 0.1) is 0 Å². The minimum atomic E-state index is -0.751. The van der Waals surface area contributed by atoms with Crippen LogP contribution < -0.4 is 10.1 Å². The van der Waals surface area contributed by atoms with Gasteiger partial charge in [-0.15, -0.1) is 0 Å². The van der Waals surface area contributed by atoms with Gasteiger partial charge >= 0.3 is 0 Å². The van der Waals surface area contributed by atoms with Crippen LogP contribution in [0.1, 0.15) is 18.9 Å². The normalized spacial score (nSPS) is 11.8. The molecule has 2 rings (SSSR count). The number of hydrogen-bond donors (Lipinski definition) is 1. The lowest BCUT2D eigenvalue weighted by Crippen LogP contribution is -2.37. The topological polar surface area (TPSA) is 38.3 Å². The molecule has 0 aliphatic carbocycles. The Hall–Kier alpha value is -2.07. The molecule has 0 spiro atoms. The minimum Gasteiger partial charge on any atom is -0.478 e. The predicted octanol–water partition coefficient (Wildman–Crippen LogP) is 3.95.